The summed E-state index contributed by atoms with van der Waals surface area (Å²) in [6.07, 6.45) is 9.56. The van der Waals surface area contributed by atoms with Crippen molar-refractivity contribution in [2.45, 2.75) is 77.4 Å². The normalized spacial score (nSPS) is 27.3. The van der Waals surface area contributed by atoms with Crippen LogP contribution in [0, 0.1) is 17.8 Å². The molecule has 3 aliphatic rings. The average Bonchev–Trinajstić information content (AvgIpc) is 2.84. The smallest absolute Gasteiger partial charge is 0.257 e. The summed E-state index contributed by atoms with van der Waals surface area (Å²) in [4.78, 5) is 30.3. The molecule has 0 aromatic heterocycles. The topological polar surface area (TPSA) is 71.1 Å². The van der Waals surface area contributed by atoms with Gasteiger partial charge in [-0.1, -0.05) is 32.6 Å². The van der Waals surface area contributed by atoms with Gasteiger partial charge in [0.2, 0.25) is 5.91 Å². The van der Waals surface area contributed by atoms with Crippen LogP contribution in [-0.4, -0.2) is 74.2 Å². The Morgan fingerprint density at radius 2 is 1.83 bits per heavy atom. The highest BCUT2D eigenvalue weighted by Gasteiger charge is 2.30. The molecule has 1 N–H and O–H groups in total. The number of carbonyl (C=O) groups excluding carboxylic acids is 2. The van der Waals surface area contributed by atoms with Gasteiger partial charge in [-0.25, -0.2) is 0 Å². The number of hydrogen-bond donors (Lipinski definition) is 1. The molecule has 0 bridgehead atoms. The van der Waals surface area contributed by atoms with Crippen molar-refractivity contribution < 1.29 is 19.1 Å². The molecule has 0 radical (unpaired) electrons. The summed E-state index contributed by atoms with van der Waals surface area (Å²) >= 11 is 0. The Hall–Kier alpha value is -2.12. The molecular weight excluding hydrogens is 454 g/mol. The van der Waals surface area contributed by atoms with Crippen LogP contribution in [0.4, 0.5) is 5.69 Å². The van der Waals surface area contributed by atoms with E-state index in [0.717, 1.165) is 38.3 Å². The van der Waals surface area contributed by atoms with Crippen molar-refractivity contribution in [3.63, 3.8) is 0 Å². The van der Waals surface area contributed by atoms with Crippen LogP contribution in [0.5, 0.6) is 5.75 Å². The summed E-state index contributed by atoms with van der Waals surface area (Å²) in [5, 5.41) is 3.01. The van der Waals surface area contributed by atoms with Gasteiger partial charge < -0.3 is 19.7 Å². The van der Waals surface area contributed by atoms with Crippen molar-refractivity contribution in [2.24, 2.45) is 17.8 Å². The fraction of sp³-hybridized carbons (Fsp3) is 0.724. The van der Waals surface area contributed by atoms with E-state index >= 15 is 0 Å². The van der Waals surface area contributed by atoms with Gasteiger partial charge in [0.15, 0.2) is 0 Å². The van der Waals surface area contributed by atoms with E-state index in [0.29, 0.717) is 30.2 Å². The Bertz CT molecular complexity index is 897. The predicted octanol–water partition coefficient (Wildman–Crippen LogP) is 4.81. The maximum atomic E-state index is 13.5. The molecule has 1 aromatic carbocycles. The van der Waals surface area contributed by atoms with Crippen molar-refractivity contribution in [1.29, 1.82) is 0 Å². The van der Waals surface area contributed by atoms with Gasteiger partial charge in [-0.2, -0.15) is 0 Å². The van der Waals surface area contributed by atoms with Crippen LogP contribution in [0.15, 0.2) is 18.2 Å². The van der Waals surface area contributed by atoms with E-state index in [2.05, 4.69) is 24.1 Å². The average molecular weight is 500 g/mol. The zero-order chi connectivity index (χ0) is 25.7. The van der Waals surface area contributed by atoms with E-state index in [4.69, 9.17) is 9.47 Å². The molecule has 7 nitrogen and oxygen atoms in total. The molecule has 1 heterocycles. The summed E-state index contributed by atoms with van der Waals surface area (Å²) in [7, 11) is 3.56. The van der Waals surface area contributed by atoms with Crippen LogP contribution in [0.2, 0.25) is 0 Å². The summed E-state index contributed by atoms with van der Waals surface area (Å²) < 4.78 is 12.2. The number of benzene rings is 1. The molecule has 2 amide bonds. The third-order valence-corrected chi connectivity index (χ3v) is 8.53. The van der Waals surface area contributed by atoms with Gasteiger partial charge in [-0.3, -0.25) is 14.5 Å². The number of rotatable bonds is 5. The van der Waals surface area contributed by atoms with Gasteiger partial charge >= 0.3 is 0 Å². The molecule has 0 unspecified atom stereocenters. The first-order valence-electron chi connectivity index (χ1n) is 14.0. The number of nitrogens with zero attached hydrogens (tertiary/aromatic N) is 2. The quantitative estimate of drug-likeness (QED) is 0.630. The zero-order valence-corrected chi connectivity index (χ0v) is 22.6. The lowest BCUT2D eigenvalue weighted by Crippen LogP contribution is -2.48. The number of amides is 2. The highest BCUT2D eigenvalue weighted by Crippen LogP contribution is 2.31. The molecule has 0 saturated heterocycles. The number of carbonyl (C=O) groups is 2. The number of ether oxygens (including phenoxy) is 2. The SMILES string of the molecule is CO[C@@H]1CN(C)C(=O)c2cc(NC(=O)C3CCC3)ccc2OC[C@H](C)N(CC2CCCCC2)C[C@H]1C. The Morgan fingerprint density at radius 3 is 2.50 bits per heavy atom. The lowest BCUT2D eigenvalue weighted by molar-refractivity contribution is -0.122. The Balaban J connectivity index is 1.57. The van der Waals surface area contributed by atoms with Crippen LogP contribution < -0.4 is 10.1 Å². The Morgan fingerprint density at radius 1 is 1.08 bits per heavy atom. The van der Waals surface area contributed by atoms with E-state index < -0.39 is 0 Å². The number of nitrogens with one attached hydrogen (secondary N) is 1. The first kappa shape index (κ1) is 26.9. The molecular formula is C29H45N3O4. The van der Waals surface area contributed by atoms with E-state index in [1.807, 2.05) is 19.2 Å². The molecule has 4 rings (SSSR count). The van der Waals surface area contributed by atoms with Gasteiger partial charge in [-0.15, -0.1) is 0 Å². The molecule has 3 atom stereocenters. The highest BCUT2D eigenvalue weighted by molar-refractivity contribution is 6.00. The van der Waals surface area contributed by atoms with Crippen LogP contribution in [0.1, 0.15) is 75.6 Å². The minimum atomic E-state index is -0.119. The van der Waals surface area contributed by atoms with Crippen LogP contribution in [0.3, 0.4) is 0 Å². The molecule has 0 spiro atoms. The summed E-state index contributed by atoms with van der Waals surface area (Å²) in [6, 6.07) is 5.66. The maximum absolute atomic E-state index is 13.5. The molecule has 36 heavy (non-hydrogen) atoms. The minimum Gasteiger partial charge on any atom is -0.491 e. The van der Waals surface area contributed by atoms with Crippen LogP contribution in [0.25, 0.3) is 0 Å². The molecule has 2 saturated carbocycles. The van der Waals surface area contributed by atoms with E-state index in [1.54, 1.807) is 18.1 Å². The number of fused-ring (bicyclic) bond motifs is 1. The molecule has 2 aliphatic carbocycles. The number of anilines is 1. The number of methoxy groups -OCH3 is 1. The summed E-state index contributed by atoms with van der Waals surface area (Å²) in [5.74, 6) is 1.58. The zero-order valence-electron chi connectivity index (χ0n) is 22.6. The van der Waals surface area contributed by atoms with Gasteiger partial charge in [0.1, 0.15) is 12.4 Å². The third kappa shape index (κ3) is 6.60. The van der Waals surface area contributed by atoms with Crippen molar-refractivity contribution in [1.82, 2.24) is 9.80 Å². The lowest BCUT2D eigenvalue weighted by Gasteiger charge is -2.38. The first-order chi connectivity index (χ1) is 17.4. The van der Waals surface area contributed by atoms with Crippen molar-refractivity contribution in [3.05, 3.63) is 23.8 Å². The monoisotopic (exact) mass is 499 g/mol. The van der Waals surface area contributed by atoms with Crippen LogP contribution >= 0.6 is 0 Å². The number of hydrogen-bond acceptors (Lipinski definition) is 5. The van der Waals surface area contributed by atoms with Gasteiger partial charge in [-0.05, 0) is 62.6 Å². The van der Waals surface area contributed by atoms with Gasteiger partial charge in [0.25, 0.3) is 5.91 Å². The van der Waals surface area contributed by atoms with Crippen molar-refractivity contribution in [2.75, 3.05) is 45.7 Å². The fourth-order valence-electron chi connectivity index (χ4n) is 5.80. The molecule has 1 aliphatic heterocycles. The molecule has 1 aromatic rings. The Labute approximate surface area is 216 Å². The van der Waals surface area contributed by atoms with Gasteiger partial charge in [0, 0.05) is 51.4 Å². The van der Waals surface area contributed by atoms with E-state index in [1.165, 1.54) is 32.1 Å². The standard InChI is InChI=1S/C29H45N3O4/c1-20-16-32(17-22-9-6-5-7-10-22)21(2)19-36-26-14-13-24(30-28(33)23-11-8-12-23)15-25(26)29(34)31(3)18-27(20)35-4/h13-15,20-23,27H,5-12,16-19H2,1-4H3,(H,30,33)/t20-,21+,27-/m1/s1. The van der Waals surface area contributed by atoms with Gasteiger partial charge in [0.05, 0.1) is 11.7 Å². The Kier molecular flexibility index (Phi) is 9.29. The molecule has 2 fully saturated rings. The predicted molar refractivity (Wildman–Crippen MR) is 142 cm³/mol. The minimum absolute atomic E-state index is 0.0383. The maximum Gasteiger partial charge on any atom is 0.257 e. The molecule has 200 valence electrons. The van der Waals surface area contributed by atoms with Crippen LogP contribution in [-0.2, 0) is 9.53 Å². The summed E-state index contributed by atoms with van der Waals surface area (Å²) in [5.41, 5.74) is 1.13. The second kappa shape index (κ2) is 12.4. The van der Waals surface area contributed by atoms with E-state index in [-0.39, 0.29) is 35.8 Å². The summed E-state index contributed by atoms with van der Waals surface area (Å²) in [6.45, 7) is 7.46. The largest absolute Gasteiger partial charge is 0.491 e. The highest BCUT2D eigenvalue weighted by atomic mass is 16.5. The van der Waals surface area contributed by atoms with Crippen molar-refractivity contribution >= 4 is 17.5 Å². The second-order valence-electron chi connectivity index (χ2n) is 11.4. The fourth-order valence-corrected chi connectivity index (χ4v) is 5.80. The molecule has 7 heteroatoms. The number of likely N-dealkylation sites (N-methyl/N-ethyl adjacent to an activating group) is 1. The second-order valence-corrected chi connectivity index (χ2v) is 11.4. The van der Waals surface area contributed by atoms with Crippen molar-refractivity contribution in [3.8, 4) is 5.75 Å². The first-order valence-corrected chi connectivity index (χ1v) is 14.0. The lowest BCUT2D eigenvalue weighted by atomic mass is 9.85. The third-order valence-electron chi connectivity index (χ3n) is 8.53. The van der Waals surface area contributed by atoms with E-state index in [9.17, 15) is 9.59 Å².